The molecular weight excluding hydrogens is 244 g/mol. The van der Waals surface area contributed by atoms with Gasteiger partial charge in [0.05, 0.1) is 0 Å². The summed E-state index contributed by atoms with van der Waals surface area (Å²) < 4.78 is 0. The first-order valence-electron chi connectivity index (χ1n) is 7.88. The van der Waals surface area contributed by atoms with Gasteiger partial charge in [-0.05, 0) is 68.6 Å². The van der Waals surface area contributed by atoms with E-state index in [0.29, 0.717) is 23.5 Å². The zero-order valence-corrected chi connectivity index (χ0v) is 13.7. The van der Waals surface area contributed by atoms with E-state index in [1.54, 1.807) is 0 Å². The molecule has 0 heterocycles. The van der Waals surface area contributed by atoms with Crippen molar-refractivity contribution >= 4 is 5.78 Å². The molecule has 0 spiro atoms. The van der Waals surface area contributed by atoms with E-state index in [9.17, 15) is 4.79 Å². The largest absolute Gasteiger partial charge is 0.299 e. The van der Waals surface area contributed by atoms with Crippen LogP contribution in [0.1, 0.15) is 61.8 Å². The van der Waals surface area contributed by atoms with E-state index in [0.717, 1.165) is 12.8 Å². The molecule has 110 valence electrons. The number of carbonyl (C=O) groups excluding carboxylic acids is 1. The Kier molecular flexibility index (Phi) is 4.36. The first-order chi connectivity index (χ1) is 9.28. The molecule has 0 aromatic heterocycles. The van der Waals surface area contributed by atoms with Crippen LogP contribution in [0.5, 0.6) is 0 Å². The second-order valence-electron chi connectivity index (χ2n) is 7.46. The Labute approximate surface area is 123 Å². The van der Waals surface area contributed by atoms with Gasteiger partial charge in [0.15, 0.2) is 0 Å². The molecule has 1 aromatic rings. The standard InChI is InChI=1S/C19H28O/c1-13-10-14(2)17(15(3)11-13)12-18(20)16-6-8-19(4,5)9-7-16/h10-11,16H,6-9,12H2,1-5H3. The van der Waals surface area contributed by atoms with Crippen molar-refractivity contribution in [3.63, 3.8) is 0 Å². The number of Topliss-reactive ketones (excluding diaryl/α,β-unsaturated/α-hetero) is 1. The molecular formula is C19H28O. The maximum absolute atomic E-state index is 12.6. The Hall–Kier alpha value is -1.11. The van der Waals surface area contributed by atoms with E-state index in [1.165, 1.54) is 35.1 Å². The molecule has 0 aliphatic heterocycles. The van der Waals surface area contributed by atoms with Crippen LogP contribution < -0.4 is 0 Å². The van der Waals surface area contributed by atoms with Crippen molar-refractivity contribution in [3.8, 4) is 0 Å². The summed E-state index contributed by atoms with van der Waals surface area (Å²) in [6.07, 6.45) is 5.17. The Bertz CT molecular complexity index is 477. The number of aryl methyl sites for hydroxylation is 3. The number of rotatable bonds is 3. The first kappa shape index (κ1) is 15.3. The third-order valence-corrected chi connectivity index (χ3v) is 4.99. The summed E-state index contributed by atoms with van der Waals surface area (Å²) in [6.45, 7) is 11.0. The summed E-state index contributed by atoms with van der Waals surface area (Å²) in [4.78, 5) is 12.6. The van der Waals surface area contributed by atoms with Gasteiger partial charge in [0, 0.05) is 12.3 Å². The highest BCUT2D eigenvalue weighted by molar-refractivity contribution is 5.84. The molecule has 2 rings (SSSR count). The van der Waals surface area contributed by atoms with E-state index >= 15 is 0 Å². The van der Waals surface area contributed by atoms with Gasteiger partial charge in [-0.2, -0.15) is 0 Å². The van der Waals surface area contributed by atoms with Crippen molar-refractivity contribution in [2.75, 3.05) is 0 Å². The molecule has 1 nitrogen and oxygen atoms in total. The van der Waals surface area contributed by atoms with Crippen LogP contribution in [-0.4, -0.2) is 5.78 Å². The van der Waals surface area contributed by atoms with Gasteiger partial charge in [0.25, 0.3) is 0 Å². The van der Waals surface area contributed by atoms with Gasteiger partial charge in [0.2, 0.25) is 0 Å². The Balaban J connectivity index is 2.06. The number of carbonyl (C=O) groups is 1. The topological polar surface area (TPSA) is 17.1 Å². The first-order valence-corrected chi connectivity index (χ1v) is 7.88. The number of benzene rings is 1. The molecule has 1 fully saturated rings. The minimum atomic E-state index is 0.295. The van der Waals surface area contributed by atoms with Crippen molar-refractivity contribution in [2.24, 2.45) is 11.3 Å². The van der Waals surface area contributed by atoms with Crippen LogP contribution in [0.25, 0.3) is 0 Å². The van der Waals surface area contributed by atoms with E-state index < -0.39 is 0 Å². The predicted octanol–water partition coefficient (Wildman–Crippen LogP) is 4.94. The summed E-state index contributed by atoms with van der Waals surface area (Å²) in [6, 6.07) is 4.39. The molecule has 0 saturated heterocycles. The highest BCUT2D eigenvalue weighted by Gasteiger charge is 2.30. The third-order valence-electron chi connectivity index (χ3n) is 4.99. The molecule has 0 unspecified atom stereocenters. The van der Waals surface area contributed by atoms with Crippen LogP contribution in [0.15, 0.2) is 12.1 Å². The molecule has 1 aliphatic rings. The normalized spacial score (nSPS) is 19.1. The van der Waals surface area contributed by atoms with Crippen molar-refractivity contribution < 1.29 is 4.79 Å². The number of hydrogen-bond donors (Lipinski definition) is 0. The Morgan fingerprint density at radius 1 is 1.10 bits per heavy atom. The highest BCUT2D eigenvalue weighted by atomic mass is 16.1. The summed E-state index contributed by atoms with van der Waals surface area (Å²) in [5.74, 6) is 0.749. The van der Waals surface area contributed by atoms with Crippen LogP contribution in [0.4, 0.5) is 0 Å². The fourth-order valence-corrected chi connectivity index (χ4v) is 3.53. The van der Waals surface area contributed by atoms with E-state index in [-0.39, 0.29) is 0 Å². The quantitative estimate of drug-likeness (QED) is 0.761. The number of ketones is 1. The van der Waals surface area contributed by atoms with E-state index in [2.05, 4.69) is 46.8 Å². The Morgan fingerprint density at radius 2 is 1.60 bits per heavy atom. The average Bonchev–Trinajstić information content (AvgIpc) is 2.33. The lowest BCUT2D eigenvalue weighted by atomic mass is 9.71. The summed E-state index contributed by atoms with van der Waals surface area (Å²) in [5, 5.41) is 0. The van der Waals surface area contributed by atoms with E-state index in [1.807, 2.05) is 0 Å². The summed E-state index contributed by atoms with van der Waals surface area (Å²) in [5.41, 5.74) is 5.52. The zero-order valence-electron chi connectivity index (χ0n) is 13.7. The van der Waals surface area contributed by atoms with Crippen LogP contribution >= 0.6 is 0 Å². The number of hydrogen-bond acceptors (Lipinski definition) is 1. The van der Waals surface area contributed by atoms with Gasteiger partial charge in [-0.1, -0.05) is 31.5 Å². The molecule has 0 N–H and O–H groups in total. The Morgan fingerprint density at radius 3 is 2.10 bits per heavy atom. The van der Waals surface area contributed by atoms with Crippen LogP contribution in [0.2, 0.25) is 0 Å². The maximum atomic E-state index is 12.6. The summed E-state index contributed by atoms with van der Waals surface area (Å²) in [7, 11) is 0. The predicted molar refractivity (Wildman–Crippen MR) is 85.1 cm³/mol. The molecule has 0 atom stereocenters. The lowest BCUT2D eigenvalue weighted by molar-refractivity contribution is -0.123. The molecule has 0 bridgehead atoms. The van der Waals surface area contributed by atoms with Gasteiger partial charge >= 0.3 is 0 Å². The summed E-state index contributed by atoms with van der Waals surface area (Å²) >= 11 is 0. The fraction of sp³-hybridized carbons (Fsp3) is 0.632. The monoisotopic (exact) mass is 272 g/mol. The van der Waals surface area contributed by atoms with E-state index in [4.69, 9.17) is 0 Å². The minimum absolute atomic E-state index is 0.295. The lowest BCUT2D eigenvalue weighted by Crippen LogP contribution is -2.27. The molecule has 0 radical (unpaired) electrons. The van der Waals surface area contributed by atoms with Crippen LogP contribution in [0.3, 0.4) is 0 Å². The SMILES string of the molecule is Cc1cc(C)c(CC(=O)C2CCC(C)(C)CC2)c(C)c1. The fourth-order valence-electron chi connectivity index (χ4n) is 3.53. The average molecular weight is 272 g/mol. The smallest absolute Gasteiger partial charge is 0.140 e. The molecule has 1 aliphatic carbocycles. The van der Waals surface area contributed by atoms with Gasteiger partial charge in [0.1, 0.15) is 5.78 Å². The molecule has 0 amide bonds. The molecule has 20 heavy (non-hydrogen) atoms. The van der Waals surface area contributed by atoms with Crippen molar-refractivity contribution in [2.45, 2.75) is 66.7 Å². The highest BCUT2D eigenvalue weighted by Crippen LogP contribution is 2.38. The van der Waals surface area contributed by atoms with Crippen molar-refractivity contribution in [1.29, 1.82) is 0 Å². The van der Waals surface area contributed by atoms with Crippen LogP contribution in [-0.2, 0) is 11.2 Å². The maximum Gasteiger partial charge on any atom is 0.140 e. The third kappa shape index (κ3) is 3.50. The second kappa shape index (κ2) is 5.71. The van der Waals surface area contributed by atoms with Crippen molar-refractivity contribution in [1.82, 2.24) is 0 Å². The molecule has 1 heteroatoms. The van der Waals surface area contributed by atoms with Crippen molar-refractivity contribution in [3.05, 3.63) is 34.4 Å². The van der Waals surface area contributed by atoms with Crippen LogP contribution in [0, 0.1) is 32.1 Å². The molecule has 1 aromatic carbocycles. The minimum Gasteiger partial charge on any atom is -0.299 e. The second-order valence-corrected chi connectivity index (χ2v) is 7.46. The zero-order chi connectivity index (χ0) is 14.9. The van der Waals surface area contributed by atoms with Gasteiger partial charge in [-0.15, -0.1) is 0 Å². The molecule has 1 saturated carbocycles. The van der Waals surface area contributed by atoms with Gasteiger partial charge < -0.3 is 0 Å². The lowest BCUT2D eigenvalue weighted by Gasteiger charge is -2.33. The van der Waals surface area contributed by atoms with Gasteiger partial charge in [-0.25, -0.2) is 0 Å². The van der Waals surface area contributed by atoms with Gasteiger partial charge in [-0.3, -0.25) is 4.79 Å².